The van der Waals surface area contributed by atoms with Crippen molar-refractivity contribution < 1.29 is 19.4 Å². The average molecular weight is 371 g/mol. The third-order valence-electron chi connectivity index (χ3n) is 4.59. The molecule has 0 aliphatic carbocycles. The van der Waals surface area contributed by atoms with Crippen molar-refractivity contribution in [3.63, 3.8) is 0 Å². The van der Waals surface area contributed by atoms with E-state index in [9.17, 15) is 25.0 Å². The highest BCUT2D eigenvalue weighted by Crippen LogP contribution is 2.35. The quantitative estimate of drug-likeness (QED) is 0.587. The lowest BCUT2D eigenvalue weighted by Crippen LogP contribution is -2.30. The fraction of sp³-hybridized carbons (Fsp3) is 0.278. The van der Waals surface area contributed by atoms with Gasteiger partial charge in [-0.3, -0.25) is 25.0 Å². The van der Waals surface area contributed by atoms with E-state index in [-0.39, 0.29) is 11.6 Å². The molecular weight excluding hydrogens is 354 g/mol. The Hall–Kier alpha value is -3.49. The van der Waals surface area contributed by atoms with Gasteiger partial charge in [-0.2, -0.15) is 0 Å². The Labute approximate surface area is 154 Å². The number of ether oxygens (including phenoxy) is 1. The fourth-order valence-electron chi connectivity index (χ4n) is 3.28. The molecule has 2 aromatic carbocycles. The van der Waals surface area contributed by atoms with Gasteiger partial charge in [0.05, 0.1) is 34.6 Å². The number of rotatable bonds is 5. The van der Waals surface area contributed by atoms with Crippen molar-refractivity contribution in [2.75, 3.05) is 13.7 Å². The average Bonchev–Trinajstić information content (AvgIpc) is 3.16. The summed E-state index contributed by atoms with van der Waals surface area (Å²) in [5, 5.41) is 22.1. The Balaban J connectivity index is 1.93. The molecule has 140 valence electrons. The number of likely N-dealkylation sites (tertiary alicyclic amines) is 1. The molecule has 0 bridgehead atoms. The molecule has 1 heterocycles. The topological polar surface area (TPSA) is 116 Å². The highest BCUT2D eigenvalue weighted by molar-refractivity contribution is 5.96. The number of nitro groups is 2. The van der Waals surface area contributed by atoms with Crippen LogP contribution >= 0.6 is 0 Å². The van der Waals surface area contributed by atoms with Crippen molar-refractivity contribution in [2.24, 2.45) is 0 Å². The Kier molecular flexibility index (Phi) is 5.02. The van der Waals surface area contributed by atoms with Crippen molar-refractivity contribution in [3.05, 3.63) is 73.8 Å². The van der Waals surface area contributed by atoms with E-state index in [1.807, 2.05) is 12.1 Å². The summed E-state index contributed by atoms with van der Waals surface area (Å²) in [6.45, 7) is 0.478. The van der Waals surface area contributed by atoms with Crippen LogP contribution < -0.4 is 4.74 Å². The first kappa shape index (κ1) is 18.3. The molecule has 27 heavy (non-hydrogen) atoms. The maximum atomic E-state index is 13.0. The van der Waals surface area contributed by atoms with Gasteiger partial charge < -0.3 is 9.64 Å². The van der Waals surface area contributed by atoms with Crippen LogP contribution in [0.1, 0.15) is 34.8 Å². The van der Waals surface area contributed by atoms with Crippen molar-refractivity contribution in [3.8, 4) is 5.75 Å². The summed E-state index contributed by atoms with van der Waals surface area (Å²) in [4.78, 5) is 35.2. The predicted molar refractivity (Wildman–Crippen MR) is 95.8 cm³/mol. The van der Waals surface area contributed by atoms with E-state index in [0.717, 1.165) is 36.6 Å². The van der Waals surface area contributed by atoms with Crippen LogP contribution in [0.15, 0.2) is 42.5 Å². The lowest BCUT2D eigenvalue weighted by atomic mass is 10.0. The van der Waals surface area contributed by atoms with Gasteiger partial charge in [0.2, 0.25) is 0 Å². The number of carbonyl (C=O) groups excluding carboxylic acids is 1. The fourth-order valence-corrected chi connectivity index (χ4v) is 3.28. The number of nitro benzene ring substituents is 2. The van der Waals surface area contributed by atoms with Gasteiger partial charge >= 0.3 is 0 Å². The summed E-state index contributed by atoms with van der Waals surface area (Å²) in [7, 11) is 1.57. The molecule has 1 aliphatic heterocycles. The number of carbonyl (C=O) groups is 1. The molecule has 1 amide bonds. The minimum Gasteiger partial charge on any atom is -0.497 e. The Bertz CT molecular complexity index is 864. The van der Waals surface area contributed by atoms with E-state index in [1.54, 1.807) is 24.1 Å². The van der Waals surface area contributed by atoms with E-state index in [1.165, 1.54) is 0 Å². The lowest BCUT2D eigenvalue weighted by molar-refractivity contribution is -0.394. The van der Waals surface area contributed by atoms with Crippen LogP contribution in [0.4, 0.5) is 11.4 Å². The lowest BCUT2D eigenvalue weighted by Gasteiger charge is -2.25. The normalized spacial score (nSPS) is 16.2. The van der Waals surface area contributed by atoms with E-state index in [2.05, 4.69) is 0 Å². The van der Waals surface area contributed by atoms with Gasteiger partial charge in [-0.1, -0.05) is 12.1 Å². The van der Waals surface area contributed by atoms with Gasteiger partial charge in [-0.25, -0.2) is 0 Å². The van der Waals surface area contributed by atoms with E-state index in [4.69, 9.17) is 4.74 Å². The molecule has 2 aromatic rings. The third kappa shape index (κ3) is 3.71. The standard InChI is InChI=1S/C18H17N3O6/c1-27-16-6-4-12(5-7-16)17-3-2-8-19(17)18(22)13-9-14(20(23)24)11-15(10-13)21(25)26/h4-7,9-11,17H,2-3,8H2,1H3. The zero-order valence-corrected chi connectivity index (χ0v) is 14.5. The zero-order valence-electron chi connectivity index (χ0n) is 14.5. The maximum Gasteiger partial charge on any atom is 0.277 e. The highest BCUT2D eigenvalue weighted by atomic mass is 16.6. The van der Waals surface area contributed by atoms with Gasteiger partial charge in [0, 0.05) is 18.7 Å². The summed E-state index contributed by atoms with van der Waals surface area (Å²) in [6, 6.07) is 10.2. The molecule has 0 spiro atoms. The molecule has 1 atom stereocenters. The highest BCUT2D eigenvalue weighted by Gasteiger charge is 2.32. The van der Waals surface area contributed by atoms with Crippen LogP contribution in [0.3, 0.4) is 0 Å². The zero-order chi connectivity index (χ0) is 19.6. The van der Waals surface area contributed by atoms with Crippen molar-refractivity contribution in [1.82, 2.24) is 4.90 Å². The third-order valence-corrected chi connectivity index (χ3v) is 4.59. The largest absolute Gasteiger partial charge is 0.497 e. The summed E-state index contributed by atoms with van der Waals surface area (Å²) < 4.78 is 5.14. The van der Waals surface area contributed by atoms with Crippen LogP contribution in [0, 0.1) is 20.2 Å². The minimum absolute atomic E-state index is 0.0590. The summed E-state index contributed by atoms with van der Waals surface area (Å²) >= 11 is 0. The van der Waals surface area contributed by atoms with Crippen LogP contribution in [-0.4, -0.2) is 34.3 Å². The molecule has 1 saturated heterocycles. The van der Waals surface area contributed by atoms with Crippen LogP contribution in [0.25, 0.3) is 0 Å². The van der Waals surface area contributed by atoms with Gasteiger partial charge in [-0.15, -0.1) is 0 Å². The molecule has 1 unspecified atom stereocenters. The number of nitrogens with zero attached hydrogens (tertiary/aromatic N) is 3. The molecule has 0 radical (unpaired) electrons. The smallest absolute Gasteiger partial charge is 0.277 e. The molecule has 3 rings (SSSR count). The number of hydrogen-bond donors (Lipinski definition) is 0. The predicted octanol–water partition coefficient (Wildman–Crippen LogP) is 3.49. The van der Waals surface area contributed by atoms with E-state index in [0.29, 0.717) is 12.3 Å². The van der Waals surface area contributed by atoms with Crippen molar-refractivity contribution in [1.29, 1.82) is 0 Å². The first-order valence-electron chi connectivity index (χ1n) is 8.29. The molecule has 1 aliphatic rings. The first-order chi connectivity index (χ1) is 12.9. The number of amides is 1. The monoisotopic (exact) mass is 371 g/mol. The number of non-ortho nitro benzene ring substituents is 2. The van der Waals surface area contributed by atoms with Gasteiger partial charge in [0.1, 0.15) is 5.75 Å². The number of benzene rings is 2. The van der Waals surface area contributed by atoms with Crippen LogP contribution in [0.2, 0.25) is 0 Å². The van der Waals surface area contributed by atoms with Crippen LogP contribution in [-0.2, 0) is 0 Å². The number of methoxy groups -OCH3 is 1. The Morgan fingerprint density at radius 2 is 1.67 bits per heavy atom. The summed E-state index contributed by atoms with van der Waals surface area (Å²) in [6.07, 6.45) is 1.52. The summed E-state index contributed by atoms with van der Waals surface area (Å²) in [5.74, 6) is 0.240. The Morgan fingerprint density at radius 3 is 2.19 bits per heavy atom. The molecule has 9 heteroatoms. The molecule has 0 N–H and O–H groups in total. The second-order valence-electron chi connectivity index (χ2n) is 6.18. The van der Waals surface area contributed by atoms with E-state index >= 15 is 0 Å². The van der Waals surface area contributed by atoms with Gasteiger partial charge in [-0.05, 0) is 30.5 Å². The second-order valence-corrected chi connectivity index (χ2v) is 6.18. The van der Waals surface area contributed by atoms with Crippen LogP contribution in [0.5, 0.6) is 5.75 Å². The molecule has 1 fully saturated rings. The Morgan fingerprint density at radius 1 is 1.07 bits per heavy atom. The second kappa shape index (κ2) is 7.40. The van der Waals surface area contributed by atoms with Crippen molar-refractivity contribution >= 4 is 17.3 Å². The van der Waals surface area contributed by atoms with Gasteiger partial charge in [0.15, 0.2) is 0 Å². The molecular formula is C18H17N3O6. The minimum atomic E-state index is -0.741. The molecule has 9 nitrogen and oxygen atoms in total. The summed E-state index contributed by atoms with van der Waals surface area (Å²) in [5.41, 5.74) is -0.0987. The maximum absolute atomic E-state index is 13.0. The SMILES string of the molecule is COc1ccc(C2CCCN2C(=O)c2cc([N+](=O)[O-])cc([N+](=O)[O-])c2)cc1. The van der Waals surface area contributed by atoms with Crippen molar-refractivity contribution in [2.45, 2.75) is 18.9 Å². The number of hydrogen-bond acceptors (Lipinski definition) is 6. The van der Waals surface area contributed by atoms with E-state index < -0.39 is 27.1 Å². The first-order valence-corrected chi connectivity index (χ1v) is 8.29. The molecule has 0 aromatic heterocycles. The molecule has 0 saturated carbocycles. The van der Waals surface area contributed by atoms with Gasteiger partial charge in [0.25, 0.3) is 17.3 Å².